The second-order valence-electron chi connectivity index (χ2n) is 6.33. The second kappa shape index (κ2) is 9.98. The van der Waals surface area contributed by atoms with Crippen LogP contribution < -0.4 is 10.6 Å². The molecule has 1 amide bonds. The molecule has 0 unspecified atom stereocenters. The van der Waals surface area contributed by atoms with E-state index in [1.165, 1.54) is 25.1 Å². The Labute approximate surface area is 169 Å². The van der Waals surface area contributed by atoms with E-state index >= 15 is 0 Å². The van der Waals surface area contributed by atoms with Gasteiger partial charge in [-0.2, -0.15) is 0 Å². The van der Waals surface area contributed by atoms with Gasteiger partial charge in [0.2, 0.25) is 5.95 Å². The molecule has 148 valence electrons. The summed E-state index contributed by atoms with van der Waals surface area (Å²) in [4.78, 5) is 32.0. The number of esters is 1. The number of aromatic nitrogens is 2. The first-order valence-electron chi connectivity index (χ1n) is 9.25. The maximum atomic E-state index is 12.2. The number of nitrogens with one attached hydrogen (secondary N) is 2. The Morgan fingerprint density at radius 2 is 1.62 bits per heavy atom. The lowest BCUT2D eigenvalue weighted by molar-refractivity contribution is 0.0600. The molecule has 0 spiro atoms. The molecule has 2 N–H and O–H groups in total. The Morgan fingerprint density at radius 3 is 2.28 bits per heavy atom. The Balaban J connectivity index is 1.47. The summed E-state index contributed by atoms with van der Waals surface area (Å²) in [5, 5.41) is 5.90. The molecule has 7 heteroatoms. The topological polar surface area (TPSA) is 93.2 Å². The van der Waals surface area contributed by atoms with Gasteiger partial charge in [-0.3, -0.25) is 4.79 Å². The fraction of sp³-hybridized carbons (Fsp3) is 0.182. The van der Waals surface area contributed by atoms with E-state index in [9.17, 15) is 9.59 Å². The zero-order valence-electron chi connectivity index (χ0n) is 16.1. The summed E-state index contributed by atoms with van der Waals surface area (Å²) in [6.07, 6.45) is 4.72. The number of aryl methyl sites for hydroxylation is 1. The predicted molar refractivity (Wildman–Crippen MR) is 110 cm³/mol. The van der Waals surface area contributed by atoms with Crippen molar-refractivity contribution in [3.05, 3.63) is 83.7 Å². The van der Waals surface area contributed by atoms with E-state index in [1.807, 2.05) is 18.2 Å². The third kappa shape index (κ3) is 5.87. The maximum Gasteiger partial charge on any atom is 0.337 e. The average molecular weight is 390 g/mol. The largest absolute Gasteiger partial charge is 0.465 e. The summed E-state index contributed by atoms with van der Waals surface area (Å²) in [5.74, 6) is -0.240. The smallest absolute Gasteiger partial charge is 0.337 e. The fourth-order valence-electron chi connectivity index (χ4n) is 2.69. The molecule has 0 atom stereocenters. The van der Waals surface area contributed by atoms with Gasteiger partial charge in [0, 0.05) is 24.6 Å². The highest BCUT2D eigenvalue weighted by molar-refractivity contribution is 5.93. The fourth-order valence-corrected chi connectivity index (χ4v) is 2.69. The number of hydrogen-bond donors (Lipinski definition) is 2. The molecule has 3 aromatic rings. The van der Waals surface area contributed by atoms with Crippen molar-refractivity contribution >= 4 is 23.5 Å². The molecule has 0 bridgehead atoms. The standard InChI is InChI=1S/C22H22N4O3/c1-29-21(28)17-9-11-19(12-10-17)26-22-24-14-18(15-25-22)20(27)23-13-5-8-16-6-3-2-4-7-16/h2-4,6-7,9-12,14-15H,5,8,13H2,1H3,(H,23,27)(H,24,25,26). The van der Waals surface area contributed by atoms with Crippen LogP contribution in [-0.2, 0) is 11.2 Å². The van der Waals surface area contributed by atoms with Crippen LogP contribution in [0.1, 0.15) is 32.7 Å². The minimum absolute atomic E-state index is 0.202. The van der Waals surface area contributed by atoms with Gasteiger partial charge in [0.05, 0.1) is 18.2 Å². The Bertz CT molecular complexity index is 942. The van der Waals surface area contributed by atoms with E-state index in [-0.39, 0.29) is 5.91 Å². The first kappa shape index (κ1) is 20.0. The van der Waals surface area contributed by atoms with Gasteiger partial charge in [-0.25, -0.2) is 14.8 Å². The van der Waals surface area contributed by atoms with Crippen molar-refractivity contribution in [1.29, 1.82) is 0 Å². The number of carbonyl (C=O) groups is 2. The first-order valence-corrected chi connectivity index (χ1v) is 9.25. The molecule has 2 aromatic carbocycles. The van der Waals surface area contributed by atoms with Crippen molar-refractivity contribution in [2.24, 2.45) is 0 Å². The van der Waals surface area contributed by atoms with E-state index in [1.54, 1.807) is 24.3 Å². The summed E-state index contributed by atoms with van der Waals surface area (Å²) in [7, 11) is 1.34. The van der Waals surface area contributed by atoms with E-state index in [0.29, 0.717) is 23.6 Å². The van der Waals surface area contributed by atoms with Gasteiger partial charge in [0.25, 0.3) is 5.91 Å². The quantitative estimate of drug-likeness (QED) is 0.452. The lowest BCUT2D eigenvalue weighted by Crippen LogP contribution is -2.25. The summed E-state index contributed by atoms with van der Waals surface area (Å²) in [6.45, 7) is 0.584. The normalized spacial score (nSPS) is 10.2. The molecule has 0 aliphatic rings. The summed E-state index contributed by atoms with van der Waals surface area (Å²) < 4.78 is 4.67. The van der Waals surface area contributed by atoms with Gasteiger partial charge in [-0.15, -0.1) is 0 Å². The van der Waals surface area contributed by atoms with Crippen LogP contribution in [0.3, 0.4) is 0 Å². The molecule has 0 fully saturated rings. The third-order valence-electron chi connectivity index (χ3n) is 4.25. The Hall–Kier alpha value is -3.74. The van der Waals surface area contributed by atoms with Crippen molar-refractivity contribution in [3.8, 4) is 0 Å². The number of nitrogens with zero attached hydrogens (tertiary/aromatic N) is 2. The van der Waals surface area contributed by atoms with Crippen LogP contribution in [-0.4, -0.2) is 35.5 Å². The average Bonchev–Trinajstić information content (AvgIpc) is 2.78. The summed E-state index contributed by atoms with van der Waals surface area (Å²) >= 11 is 0. The lowest BCUT2D eigenvalue weighted by Gasteiger charge is -2.07. The SMILES string of the molecule is COC(=O)c1ccc(Nc2ncc(C(=O)NCCCc3ccccc3)cn2)cc1. The summed E-state index contributed by atoms with van der Waals surface area (Å²) in [5.41, 5.74) is 2.82. The first-order chi connectivity index (χ1) is 14.2. The molecule has 0 aliphatic carbocycles. The second-order valence-corrected chi connectivity index (χ2v) is 6.33. The molecule has 1 aromatic heterocycles. The van der Waals surface area contributed by atoms with Crippen LogP contribution >= 0.6 is 0 Å². The van der Waals surface area contributed by atoms with Crippen molar-refractivity contribution in [1.82, 2.24) is 15.3 Å². The molecule has 3 rings (SSSR count). The molecular weight excluding hydrogens is 368 g/mol. The third-order valence-corrected chi connectivity index (χ3v) is 4.25. The summed E-state index contributed by atoms with van der Waals surface area (Å²) in [6, 6.07) is 16.9. The molecule has 29 heavy (non-hydrogen) atoms. The van der Waals surface area contributed by atoms with E-state index in [0.717, 1.165) is 18.5 Å². The van der Waals surface area contributed by atoms with Crippen LogP contribution in [0.2, 0.25) is 0 Å². The molecular formula is C22H22N4O3. The monoisotopic (exact) mass is 390 g/mol. The van der Waals surface area contributed by atoms with Crippen LogP contribution in [0.25, 0.3) is 0 Å². The number of benzene rings is 2. The predicted octanol–water partition coefficient (Wildman–Crippen LogP) is 3.37. The van der Waals surface area contributed by atoms with Crippen LogP contribution in [0.4, 0.5) is 11.6 Å². The maximum absolute atomic E-state index is 12.2. The molecule has 0 saturated heterocycles. The van der Waals surface area contributed by atoms with Gasteiger partial charge < -0.3 is 15.4 Å². The van der Waals surface area contributed by atoms with E-state index < -0.39 is 5.97 Å². The van der Waals surface area contributed by atoms with Crippen LogP contribution in [0, 0.1) is 0 Å². The van der Waals surface area contributed by atoms with Crippen molar-refractivity contribution < 1.29 is 14.3 Å². The van der Waals surface area contributed by atoms with Gasteiger partial charge in [-0.1, -0.05) is 30.3 Å². The highest BCUT2D eigenvalue weighted by atomic mass is 16.5. The van der Waals surface area contributed by atoms with Crippen LogP contribution in [0.15, 0.2) is 67.0 Å². The number of ether oxygens (including phenoxy) is 1. The van der Waals surface area contributed by atoms with Crippen molar-refractivity contribution in [3.63, 3.8) is 0 Å². The zero-order valence-corrected chi connectivity index (χ0v) is 16.1. The number of rotatable bonds is 8. The molecule has 1 heterocycles. The molecule has 7 nitrogen and oxygen atoms in total. The van der Waals surface area contributed by atoms with E-state index in [4.69, 9.17) is 0 Å². The minimum atomic E-state index is -0.396. The number of hydrogen-bond acceptors (Lipinski definition) is 6. The number of anilines is 2. The zero-order chi connectivity index (χ0) is 20.5. The van der Waals surface area contributed by atoms with Gasteiger partial charge >= 0.3 is 5.97 Å². The van der Waals surface area contributed by atoms with Crippen molar-refractivity contribution in [2.75, 3.05) is 19.0 Å². The molecule has 0 saturated carbocycles. The minimum Gasteiger partial charge on any atom is -0.465 e. The lowest BCUT2D eigenvalue weighted by atomic mass is 10.1. The van der Waals surface area contributed by atoms with Crippen LogP contribution in [0.5, 0.6) is 0 Å². The number of carbonyl (C=O) groups excluding carboxylic acids is 2. The number of amides is 1. The van der Waals surface area contributed by atoms with Gasteiger partial charge in [0.1, 0.15) is 0 Å². The Morgan fingerprint density at radius 1 is 0.931 bits per heavy atom. The van der Waals surface area contributed by atoms with Gasteiger partial charge in [-0.05, 0) is 42.7 Å². The molecule has 0 aliphatic heterocycles. The van der Waals surface area contributed by atoms with Crippen molar-refractivity contribution in [2.45, 2.75) is 12.8 Å². The number of methoxy groups -OCH3 is 1. The van der Waals surface area contributed by atoms with Gasteiger partial charge in [0.15, 0.2) is 0 Å². The Kier molecular flexibility index (Phi) is 6.89. The highest BCUT2D eigenvalue weighted by Gasteiger charge is 2.08. The van der Waals surface area contributed by atoms with E-state index in [2.05, 4.69) is 37.5 Å². The highest BCUT2D eigenvalue weighted by Crippen LogP contribution is 2.14. The molecule has 0 radical (unpaired) electrons.